The van der Waals surface area contributed by atoms with Crippen molar-refractivity contribution in [3.63, 3.8) is 0 Å². The van der Waals surface area contributed by atoms with Gasteiger partial charge >= 0.3 is 5.97 Å². The average molecular weight is 195 g/mol. The first kappa shape index (κ1) is 9.21. The molecule has 0 radical (unpaired) electrons. The molecular formula is C9H13N3O2. The molecule has 0 saturated carbocycles. The average Bonchev–Trinajstić information content (AvgIpc) is 2.75. The van der Waals surface area contributed by atoms with E-state index in [1.54, 1.807) is 6.20 Å². The fourth-order valence-corrected chi connectivity index (χ4v) is 1.44. The third kappa shape index (κ3) is 1.63. The van der Waals surface area contributed by atoms with Gasteiger partial charge in [0, 0.05) is 24.9 Å². The van der Waals surface area contributed by atoms with Crippen LogP contribution in [0.3, 0.4) is 0 Å². The number of cyclic esters (lactones) is 1. The zero-order valence-electron chi connectivity index (χ0n) is 8.04. The highest BCUT2D eigenvalue weighted by Gasteiger charge is 2.39. The Bertz CT molecular complexity index is 323. The van der Waals surface area contributed by atoms with Crippen LogP contribution < -0.4 is 5.32 Å². The molecule has 0 spiro atoms. The van der Waals surface area contributed by atoms with Crippen molar-refractivity contribution in [2.75, 3.05) is 6.61 Å². The third-order valence-electron chi connectivity index (χ3n) is 2.51. The lowest BCUT2D eigenvalue weighted by Gasteiger charge is -2.19. The van der Waals surface area contributed by atoms with E-state index in [2.05, 4.69) is 15.5 Å². The van der Waals surface area contributed by atoms with E-state index in [9.17, 15) is 4.79 Å². The van der Waals surface area contributed by atoms with Crippen molar-refractivity contribution in [2.45, 2.75) is 25.4 Å². The van der Waals surface area contributed by atoms with E-state index >= 15 is 0 Å². The van der Waals surface area contributed by atoms with Gasteiger partial charge in [-0.1, -0.05) is 0 Å². The molecule has 1 aromatic heterocycles. The van der Waals surface area contributed by atoms with Gasteiger partial charge in [-0.15, -0.1) is 0 Å². The van der Waals surface area contributed by atoms with Gasteiger partial charge in [-0.3, -0.25) is 15.2 Å². The van der Waals surface area contributed by atoms with E-state index in [1.165, 1.54) is 0 Å². The van der Waals surface area contributed by atoms with Crippen molar-refractivity contribution in [3.8, 4) is 0 Å². The molecule has 0 amide bonds. The van der Waals surface area contributed by atoms with E-state index in [1.807, 2.05) is 13.0 Å². The fraction of sp³-hybridized carbons (Fsp3) is 0.556. The molecule has 0 aliphatic carbocycles. The first-order valence-corrected chi connectivity index (χ1v) is 4.61. The van der Waals surface area contributed by atoms with Gasteiger partial charge in [0.1, 0.15) is 5.54 Å². The van der Waals surface area contributed by atoms with Crippen molar-refractivity contribution in [3.05, 3.63) is 18.0 Å². The predicted octanol–water partition coefficient (Wildman–Crippen LogP) is 0.205. The van der Waals surface area contributed by atoms with Gasteiger partial charge in [0.05, 0.1) is 6.61 Å². The summed E-state index contributed by atoms with van der Waals surface area (Å²) in [5, 5.41) is 9.82. The van der Waals surface area contributed by atoms with Crippen LogP contribution in [-0.2, 0) is 16.1 Å². The molecule has 1 fully saturated rings. The Morgan fingerprint density at radius 3 is 3.21 bits per heavy atom. The van der Waals surface area contributed by atoms with E-state index < -0.39 is 5.54 Å². The van der Waals surface area contributed by atoms with Crippen molar-refractivity contribution >= 4 is 5.97 Å². The fourth-order valence-electron chi connectivity index (χ4n) is 1.44. The number of ether oxygens (including phenoxy) is 1. The maximum absolute atomic E-state index is 11.3. The molecule has 1 saturated heterocycles. The van der Waals surface area contributed by atoms with Crippen LogP contribution in [0.2, 0.25) is 0 Å². The van der Waals surface area contributed by atoms with Crippen LogP contribution in [0.15, 0.2) is 12.3 Å². The Labute approximate surface area is 81.8 Å². The molecule has 1 atom stereocenters. The molecule has 76 valence electrons. The zero-order chi connectivity index (χ0) is 10.0. The quantitative estimate of drug-likeness (QED) is 0.676. The normalized spacial score (nSPS) is 26.5. The lowest BCUT2D eigenvalue weighted by molar-refractivity contribution is -0.143. The van der Waals surface area contributed by atoms with Crippen LogP contribution in [0.25, 0.3) is 0 Å². The standard InChI is InChI=1S/C9H13N3O2/c1-9(3-5-14-8(9)13)10-6-7-2-4-11-12-7/h2,4,10H,3,5-6H2,1H3,(H,11,12). The molecule has 1 aliphatic heterocycles. The number of aromatic nitrogens is 2. The first-order chi connectivity index (χ1) is 6.71. The maximum Gasteiger partial charge on any atom is 0.326 e. The second-order valence-electron chi connectivity index (χ2n) is 3.65. The van der Waals surface area contributed by atoms with Crippen LogP contribution in [-0.4, -0.2) is 28.3 Å². The molecule has 5 heteroatoms. The van der Waals surface area contributed by atoms with Gasteiger partial charge in [-0.05, 0) is 13.0 Å². The maximum atomic E-state index is 11.3. The molecule has 2 N–H and O–H groups in total. The lowest BCUT2D eigenvalue weighted by Crippen LogP contribution is -2.45. The number of carbonyl (C=O) groups is 1. The summed E-state index contributed by atoms with van der Waals surface area (Å²) in [7, 11) is 0. The van der Waals surface area contributed by atoms with Gasteiger partial charge in [-0.2, -0.15) is 5.10 Å². The topological polar surface area (TPSA) is 67.0 Å². The number of nitrogens with one attached hydrogen (secondary N) is 2. The Morgan fingerprint density at radius 2 is 2.64 bits per heavy atom. The summed E-state index contributed by atoms with van der Waals surface area (Å²) in [6.07, 6.45) is 2.41. The SMILES string of the molecule is CC1(NCc2ccn[nH]2)CCOC1=O. The lowest BCUT2D eigenvalue weighted by atomic mass is 10.0. The second kappa shape index (κ2) is 3.42. The monoisotopic (exact) mass is 195 g/mol. The molecule has 2 rings (SSSR count). The van der Waals surface area contributed by atoms with Crippen molar-refractivity contribution in [2.24, 2.45) is 0 Å². The van der Waals surface area contributed by atoms with E-state index in [-0.39, 0.29) is 5.97 Å². The Morgan fingerprint density at radius 1 is 1.79 bits per heavy atom. The number of H-pyrrole nitrogens is 1. The number of carbonyl (C=O) groups excluding carboxylic acids is 1. The van der Waals surface area contributed by atoms with Crippen LogP contribution in [0.5, 0.6) is 0 Å². The van der Waals surface area contributed by atoms with Crippen molar-refractivity contribution in [1.82, 2.24) is 15.5 Å². The summed E-state index contributed by atoms with van der Waals surface area (Å²) in [5.41, 5.74) is 0.427. The Kier molecular flexibility index (Phi) is 2.25. The minimum Gasteiger partial charge on any atom is -0.464 e. The molecule has 14 heavy (non-hydrogen) atoms. The summed E-state index contributed by atoms with van der Waals surface area (Å²) in [4.78, 5) is 11.3. The first-order valence-electron chi connectivity index (χ1n) is 4.61. The van der Waals surface area contributed by atoms with E-state index in [0.29, 0.717) is 13.2 Å². The summed E-state index contributed by atoms with van der Waals surface area (Å²) in [6.45, 7) is 2.97. The number of aromatic amines is 1. The van der Waals surface area contributed by atoms with E-state index in [0.717, 1.165) is 12.1 Å². The minimum absolute atomic E-state index is 0.169. The molecule has 1 aliphatic rings. The largest absolute Gasteiger partial charge is 0.464 e. The number of hydrogen-bond acceptors (Lipinski definition) is 4. The molecule has 1 aromatic rings. The third-order valence-corrected chi connectivity index (χ3v) is 2.51. The van der Waals surface area contributed by atoms with Gasteiger partial charge < -0.3 is 4.74 Å². The Hall–Kier alpha value is -1.36. The molecule has 2 heterocycles. The number of esters is 1. The highest BCUT2D eigenvalue weighted by Crippen LogP contribution is 2.19. The van der Waals surface area contributed by atoms with Crippen molar-refractivity contribution in [1.29, 1.82) is 0 Å². The van der Waals surface area contributed by atoms with E-state index in [4.69, 9.17) is 4.74 Å². The van der Waals surface area contributed by atoms with Gasteiger partial charge in [0.15, 0.2) is 0 Å². The summed E-state index contributed by atoms with van der Waals surface area (Å²) in [5.74, 6) is -0.169. The van der Waals surface area contributed by atoms with Crippen LogP contribution in [0, 0.1) is 0 Å². The number of nitrogens with zero attached hydrogens (tertiary/aromatic N) is 1. The number of rotatable bonds is 3. The second-order valence-corrected chi connectivity index (χ2v) is 3.65. The molecule has 1 unspecified atom stereocenters. The van der Waals surface area contributed by atoms with Crippen LogP contribution in [0.4, 0.5) is 0 Å². The van der Waals surface area contributed by atoms with Crippen molar-refractivity contribution < 1.29 is 9.53 Å². The smallest absolute Gasteiger partial charge is 0.326 e. The summed E-state index contributed by atoms with van der Waals surface area (Å²) >= 11 is 0. The van der Waals surface area contributed by atoms with Gasteiger partial charge in [0.2, 0.25) is 0 Å². The zero-order valence-corrected chi connectivity index (χ0v) is 8.04. The minimum atomic E-state index is -0.537. The summed E-state index contributed by atoms with van der Waals surface area (Å²) in [6, 6.07) is 1.87. The molecular weight excluding hydrogens is 182 g/mol. The predicted molar refractivity (Wildman–Crippen MR) is 49.4 cm³/mol. The van der Waals surface area contributed by atoms with Gasteiger partial charge in [0.25, 0.3) is 0 Å². The molecule has 5 nitrogen and oxygen atoms in total. The van der Waals surface area contributed by atoms with Gasteiger partial charge in [-0.25, -0.2) is 0 Å². The van der Waals surface area contributed by atoms with Crippen LogP contribution in [0.1, 0.15) is 19.0 Å². The number of hydrogen-bond donors (Lipinski definition) is 2. The molecule has 0 aromatic carbocycles. The highest BCUT2D eigenvalue weighted by molar-refractivity contribution is 5.82. The van der Waals surface area contributed by atoms with Crippen LogP contribution >= 0.6 is 0 Å². The molecule has 0 bridgehead atoms. The highest BCUT2D eigenvalue weighted by atomic mass is 16.5. The Balaban J connectivity index is 1.94. The summed E-state index contributed by atoms with van der Waals surface area (Å²) < 4.78 is 4.91.